The maximum Gasteiger partial charge on any atom is 0.223 e. The lowest BCUT2D eigenvalue weighted by atomic mass is 9.91. The number of amides is 1. The largest absolute Gasteiger partial charge is 0.396 e. The molecule has 0 aliphatic heterocycles. The summed E-state index contributed by atoms with van der Waals surface area (Å²) in [6.45, 7) is 1.74. The first-order chi connectivity index (χ1) is 13.0. The van der Waals surface area contributed by atoms with Gasteiger partial charge in [-0.05, 0) is 52.5 Å². The van der Waals surface area contributed by atoms with E-state index in [1.807, 2.05) is 12.1 Å². The minimum absolute atomic E-state index is 0.00721. The molecule has 0 unspecified atom stereocenters. The molecule has 27 heavy (non-hydrogen) atoms. The van der Waals surface area contributed by atoms with Crippen molar-refractivity contribution in [3.8, 4) is 11.3 Å². The molecule has 0 fully saturated rings. The number of carbonyl (C=O) groups excluding carboxylic acids is 1. The van der Waals surface area contributed by atoms with Crippen molar-refractivity contribution in [1.82, 2.24) is 9.38 Å². The molecule has 1 N–H and O–H groups in total. The lowest BCUT2D eigenvalue weighted by Crippen LogP contribution is -2.23. The number of rotatable bonds is 4. The van der Waals surface area contributed by atoms with Gasteiger partial charge in [-0.25, -0.2) is 4.98 Å². The average Bonchev–Trinajstić information content (AvgIpc) is 3.04. The summed E-state index contributed by atoms with van der Waals surface area (Å²) in [7, 11) is 1.79. The van der Waals surface area contributed by atoms with Gasteiger partial charge in [0.15, 0.2) is 0 Å². The lowest BCUT2D eigenvalue weighted by Gasteiger charge is -2.23. The third-order valence-corrected chi connectivity index (χ3v) is 6.82. The van der Waals surface area contributed by atoms with Crippen LogP contribution in [-0.2, 0) is 17.6 Å². The van der Waals surface area contributed by atoms with Gasteiger partial charge in [-0.3, -0.25) is 4.79 Å². The van der Waals surface area contributed by atoms with E-state index < -0.39 is 0 Å². The van der Waals surface area contributed by atoms with Crippen LogP contribution in [0.25, 0.3) is 16.9 Å². The predicted octanol–water partition coefficient (Wildman–Crippen LogP) is 3.93. The van der Waals surface area contributed by atoms with Crippen LogP contribution >= 0.6 is 27.7 Å². The number of halogens is 1. The van der Waals surface area contributed by atoms with Crippen LogP contribution in [0, 0.1) is 0 Å². The van der Waals surface area contributed by atoms with E-state index >= 15 is 0 Å². The summed E-state index contributed by atoms with van der Waals surface area (Å²) in [6, 6.07) is 8.13. The van der Waals surface area contributed by atoms with Gasteiger partial charge >= 0.3 is 0 Å². The number of benzene rings is 1. The van der Waals surface area contributed by atoms with E-state index in [4.69, 9.17) is 10.1 Å². The Hall–Kier alpha value is -1.83. The number of aromatic nitrogens is 2. The van der Waals surface area contributed by atoms with Gasteiger partial charge in [0.25, 0.3) is 0 Å². The van der Waals surface area contributed by atoms with E-state index in [0.29, 0.717) is 5.75 Å². The Kier molecular flexibility index (Phi) is 5.01. The molecule has 140 valence electrons. The van der Waals surface area contributed by atoms with Crippen LogP contribution in [0.5, 0.6) is 0 Å². The topological polar surface area (TPSA) is 57.8 Å². The zero-order valence-electron chi connectivity index (χ0n) is 15.2. The molecule has 3 aromatic rings. The molecule has 0 radical (unpaired) electrons. The lowest BCUT2D eigenvalue weighted by molar-refractivity contribution is -0.116. The molecule has 1 aromatic carbocycles. The summed E-state index contributed by atoms with van der Waals surface area (Å²) in [5, 5.41) is 9.05. The minimum Gasteiger partial charge on any atom is -0.396 e. The molecule has 2 aromatic heterocycles. The van der Waals surface area contributed by atoms with E-state index in [2.05, 4.69) is 38.7 Å². The number of aliphatic hydroxyl groups excluding tert-OH is 1. The first-order valence-corrected chi connectivity index (χ1v) is 10.6. The molecule has 4 rings (SSSR count). The fraction of sp³-hybridized carbons (Fsp3) is 0.300. The summed E-state index contributed by atoms with van der Waals surface area (Å²) >= 11 is 5.36. The Morgan fingerprint density at radius 3 is 2.89 bits per heavy atom. The van der Waals surface area contributed by atoms with Gasteiger partial charge in [-0.2, -0.15) is 0 Å². The van der Waals surface area contributed by atoms with Gasteiger partial charge in [0.1, 0.15) is 5.65 Å². The highest BCUT2D eigenvalue weighted by atomic mass is 79.9. The fourth-order valence-corrected chi connectivity index (χ4v) is 5.01. The molecule has 0 saturated heterocycles. The number of carbonyl (C=O) groups is 1. The molecule has 1 amide bonds. The van der Waals surface area contributed by atoms with Crippen molar-refractivity contribution in [1.29, 1.82) is 0 Å². The van der Waals surface area contributed by atoms with Crippen molar-refractivity contribution in [2.24, 2.45) is 0 Å². The van der Waals surface area contributed by atoms with Crippen molar-refractivity contribution >= 4 is 44.9 Å². The van der Waals surface area contributed by atoms with Crippen LogP contribution in [0.3, 0.4) is 0 Å². The van der Waals surface area contributed by atoms with E-state index in [9.17, 15) is 4.79 Å². The third kappa shape index (κ3) is 3.17. The molecular weight excluding hydrogens is 426 g/mol. The summed E-state index contributed by atoms with van der Waals surface area (Å²) < 4.78 is 3.14. The van der Waals surface area contributed by atoms with Crippen LogP contribution in [0.1, 0.15) is 18.2 Å². The molecule has 1 aliphatic carbocycles. The Balaban J connectivity index is 1.81. The summed E-state index contributed by atoms with van der Waals surface area (Å²) in [5.41, 5.74) is 6.36. The number of anilines is 1. The normalized spacial score (nSPS) is 12.7. The van der Waals surface area contributed by atoms with E-state index in [1.165, 1.54) is 11.3 Å². The monoisotopic (exact) mass is 445 g/mol. The number of hydrogen-bond acceptors (Lipinski definition) is 4. The number of hydrogen-bond donors (Lipinski definition) is 1. The quantitative estimate of drug-likeness (QED) is 0.618. The molecule has 1 aliphatic rings. The summed E-state index contributed by atoms with van der Waals surface area (Å²) in [6.07, 6.45) is 3.90. The summed E-state index contributed by atoms with van der Waals surface area (Å²) in [5.74, 6) is 0.692. The first-order valence-electron chi connectivity index (χ1n) is 8.82. The molecule has 0 spiro atoms. The van der Waals surface area contributed by atoms with Gasteiger partial charge < -0.3 is 14.4 Å². The second-order valence-corrected chi connectivity index (χ2v) is 8.54. The smallest absolute Gasteiger partial charge is 0.223 e. The maximum atomic E-state index is 11.8. The van der Waals surface area contributed by atoms with Crippen molar-refractivity contribution < 1.29 is 9.90 Å². The van der Waals surface area contributed by atoms with Crippen LogP contribution < -0.4 is 4.90 Å². The van der Waals surface area contributed by atoms with Gasteiger partial charge in [-0.15, -0.1) is 11.8 Å². The number of fused-ring (bicyclic) bond motifs is 5. The van der Waals surface area contributed by atoms with Crippen LogP contribution in [0.2, 0.25) is 0 Å². The molecule has 5 nitrogen and oxygen atoms in total. The first kappa shape index (κ1) is 18.5. The number of imidazole rings is 1. The second-order valence-electron chi connectivity index (χ2n) is 6.57. The zero-order valence-corrected chi connectivity index (χ0v) is 17.6. The van der Waals surface area contributed by atoms with Crippen molar-refractivity contribution in [3.05, 3.63) is 46.2 Å². The highest BCUT2D eigenvalue weighted by Gasteiger charge is 2.25. The third-order valence-electron chi connectivity index (χ3n) is 4.97. The van der Waals surface area contributed by atoms with Crippen LogP contribution in [0.4, 0.5) is 5.69 Å². The standard InChI is InChI=1S/C20H20BrN3O2S/c1-12(26)23(2)16-6-5-15-14(19(16)21)4-7-17-20(15)22-18-8-3-13(11-24(17)18)27-10-9-25/h3,5-6,8,11,25H,4,7,9-10H2,1-2H3. The molecular formula is C20H20BrN3O2S. The van der Waals surface area contributed by atoms with Crippen LogP contribution in [-0.4, -0.2) is 39.8 Å². The molecule has 0 bridgehead atoms. The van der Waals surface area contributed by atoms with Gasteiger partial charge in [0, 0.05) is 40.9 Å². The Morgan fingerprint density at radius 1 is 1.33 bits per heavy atom. The number of thioether (sulfide) groups is 1. The number of pyridine rings is 1. The highest BCUT2D eigenvalue weighted by Crippen LogP contribution is 2.41. The Morgan fingerprint density at radius 2 is 2.15 bits per heavy atom. The highest BCUT2D eigenvalue weighted by molar-refractivity contribution is 9.10. The summed E-state index contributed by atoms with van der Waals surface area (Å²) in [4.78, 5) is 19.4. The number of aryl methyl sites for hydroxylation is 1. The molecule has 7 heteroatoms. The Bertz CT molecular complexity index is 1050. The van der Waals surface area contributed by atoms with Gasteiger partial charge in [0.2, 0.25) is 5.91 Å². The molecule has 0 saturated carbocycles. The van der Waals surface area contributed by atoms with E-state index in [0.717, 1.165) is 44.8 Å². The maximum absolute atomic E-state index is 11.8. The fourth-order valence-electron chi connectivity index (χ4n) is 3.52. The van der Waals surface area contributed by atoms with Crippen molar-refractivity contribution in [2.45, 2.75) is 24.7 Å². The second kappa shape index (κ2) is 7.30. The minimum atomic E-state index is 0.00721. The van der Waals surface area contributed by atoms with Crippen LogP contribution in [0.15, 0.2) is 39.8 Å². The molecule has 2 heterocycles. The zero-order chi connectivity index (χ0) is 19.1. The average molecular weight is 446 g/mol. The van der Waals surface area contributed by atoms with Crippen molar-refractivity contribution in [3.63, 3.8) is 0 Å². The molecule has 0 atom stereocenters. The number of aliphatic hydroxyl groups is 1. The number of nitrogens with zero attached hydrogens (tertiary/aromatic N) is 3. The van der Waals surface area contributed by atoms with Crippen molar-refractivity contribution in [2.75, 3.05) is 24.3 Å². The Labute approximate surface area is 170 Å². The predicted molar refractivity (Wildman–Crippen MR) is 113 cm³/mol. The van der Waals surface area contributed by atoms with Gasteiger partial charge in [-0.1, -0.05) is 6.07 Å². The van der Waals surface area contributed by atoms with Gasteiger partial charge in [0.05, 0.1) is 23.7 Å². The van der Waals surface area contributed by atoms with E-state index in [-0.39, 0.29) is 12.5 Å². The van der Waals surface area contributed by atoms with E-state index in [1.54, 1.807) is 30.6 Å². The SMILES string of the molecule is CC(=O)N(C)c1ccc2c(c1Br)CCc1c-2nc2ccc(SCCO)cn12.